The Hall–Kier alpha value is -2.30. The van der Waals surface area contributed by atoms with E-state index in [1.54, 1.807) is 10.9 Å². The molecule has 5 heteroatoms. The van der Waals surface area contributed by atoms with Crippen LogP contribution in [0.3, 0.4) is 0 Å². The topological polar surface area (TPSA) is 64.2 Å². The van der Waals surface area contributed by atoms with Gasteiger partial charge in [-0.1, -0.05) is 32.9 Å². The molecule has 0 radical (unpaired) electrons. The van der Waals surface area contributed by atoms with Gasteiger partial charge in [0, 0.05) is 30.8 Å². The smallest absolute Gasteiger partial charge is 0.254 e. The average Bonchev–Trinajstić information content (AvgIpc) is 3.02. The summed E-state index contributed by atoms with van der Waals surface area (Å²) in [4.78, 5) is 15.3. The molecule has 4 rings (SSSR count). The number of likely N-dealkylation sites (tertiary alicyclic amines) is 1. The van der Waals surface area contributed by atoms with Crippen LogP contribution in [-0.4, -0.2) is 33.2 Å². The molecular weight excluding hydrogens is 324 g/mol. The quantitative estimate of drug-likeness (QED) is 0.896. The second kappa shape index (κ2) is 5.60. The standard InChI is InChI=1S/C21H28N4O/c1-20(2)9-16-10-21(3,12-20)13-25(16)19(26)15-7-5-14(6-8-15)17-11-23-24(4)18(17)22/h5-8,11,16H,9-10,12-13,22H2,1-4H3/t16-,21-/m1/s1. The van der Waals surface area contributed by atoms with Crippen molar-refractivity contribution in [2.75, 3.05) is 12.3 Å². The van der Waals surface area contributed by atoms with E-state index in [-0.39, 0.29) is 11.3 Å². The number of fused-ring (bicyclic) bond motifs is 2. The molecule has 1 saturated carbocycles. The molecule has 2 atom stereocenters. The van der Waals surface area contributed by atoms with Crippen LogP contribution in [-0.2, 0) is 7.05 Å². The van der Waals surface area contributed by atoms with Crippen molar-refractivity contribution >= 4 is 11.7 Å². The van der Waals surface area contributed by atoms with Crippen molar-refractivity contribution in [2.24, 2.45) is 17.9 Å². The van der Waals surface area contributed by atoms with E-state index < -0.39 is 0 Å². The van der Waals surface area contributed by atoms with Crippen molar-refractivity contribution in [3.8, 4) is 11.1 Å². The van der Waals surface area contributed by atoms with Gasteiger partial charge in [-0.2, -0.15) is 5.10 Å². The number of nitrogens with zero attached hydrogens (tertiary/aromatic N) is 3. The largest absolute Gasteiger partial charge is 0.383 e. The summed E-state index contributed by atoms with van der Waals surface area (Å²) in [5.41, 5.74) is 9.27. The van der Waals surface area contributed by atoms with Crippen molar-refractivity contribution in [1.82, 2.24) is 14.7 Å². The summed E-state index contributed by atoms with van der Waals surface area (Å²) in [5.74, 6) is 0.787. The maximum atomic E-state index is 13.1. The fourth-order valence-electron chi connectivity index (χ4n) is 5.32. The van der Waals surface area contributed by atoms with Gasteiger partial charge in [-0.15, -0.1) is 0 Å². The number of aryl methyl sites for hydroxylation is 1. The molecular formula is C21H28N4O. The number of rotatable bonds is 2. The lowest BCUT2D eigenvalue weighted by Gasteiger charge is -2.39. The van der Waals surface area contributed by atoms with Crippen LogP contribution >= 0.6 is 0 Å². The molecule has 1 aliphatic carbocycles. The van der Waals surface area contributed by atoms with Crippen molar-refractivity contribution < 1.29 is 4.79 Å². The van der Waals surface area contributed by atoms with E-state index in [2.05, 4.69) is 30.8 Å². The second-order valence-corrected chi connectivity index (χ2v) is 9.29. The minimum absolute atomic E-state index is 0.155. The highest BCUT2D eigenvalue weighted by Gasteiger charge is 2.50. The molecule has 138 valence electrons. The predicted molar refractivity (Wildman–Crippen MR) is 104 cm³/mol. The van der Waals surface area contributed by atoms with Gasteiger partial charge in [-0.05, 0) is 47.8 Å². The van der Waals surface area contributed by atoms with E-state index >= 15 is 0 Å². The summed E-state index contributed by atoms with van der Waals surface area (Å²) in [5, 5.41) is 4.19. The Bertz CT molecular complexity index is 851. The van der Waals surface area contributed by atoms with Crippen molar-refractivity contribution in [3.05, 3.63) is 36.0 Å². The SMILES string of the molecule is Cn1ncc(-c2ccc(C(=O)N3C[C@]4(C)C[C@H]3CC(C)(C)C4)cc2)c1N. The zero-order valence-electron chi connectivity index (χ0n) is 16.1. The number of anilines is 1. The summed E-state index contributed by atoms with van der Waals surface area (Å²) >= 11 is 0. The molecule has 1 aliphatic heterocycles. The van der Waals surface area contributed by atoms with Gasteiger partial charge in [-0.25, -0.2) is 0 Å². The molecule has 26 heavy (non-hydrogen) atoms. The van der Waals surface area contributed by atoms with E-state index in [0.29, 0.717) is 17.3 Å². The van der Waals surface area contributed by atoms with Crippen LogP contribution in [0.2, 0.25) is 0 Å². The second-order valence-electron chi connectivity index (χ2n) is 9.29. The number of aromatic nitrogens is 2. The fraction of sp³-hybridized carbons (Fsp3) is 0.524. The molecule has 0 spiro atoms. The number of nitrogens with two attached hydrogens (primary N) is 1. The first-order chi connectivity index (χ1) is 12.2. The Balaban J connectivity index is 1.57. The summed E-state index contributed by atoms with van der Waals surface area (Å²) in [6, 6.07) is 8.13. The van der Waals surface area contributed by atoms with Crippen LogP contribution in [0.5, 0.6) is 0 Å². The Kier molecular flexibility index (Phi) is 3.69. The monoisotopic (exact) mass is 352 g/mol. The molecule has 2 fully saturated rings. The highest BCUT2D eigenvalue weighted by molar-refractivity contribution is 5.95. The molecule has 2 N–H and O–H groups in total. The van der Waals surface area contributed by atoms with Gasteiger partial charge in [0.05, 0.1) is 6.20 Å². The van der Waals surface area contributed by atoms with E-state index in [0.717, 1.165) is 36.1 Å². The maximum absolute atomic E-state index is 13.1. The maximum Gasteiger partial charge on any atom is 0.254 e. The molecule has 0 unspecified atom stereocenters. The molecule has 1 aromatic heterocycles. The summed E-state index contributed by atoms with van der Waals surface area (Å²) < 4.78 is 1.65. The first-order valence-electron chi connectivity index (χ1n) is 9.36. The van der Waals surface area contributed by atoms with Crippen LogP contribution in [0.4, 0.5) is 5.82 Å². The molecule has 2 heterocycles. The Morgan fingerprint density at radius 2 is 1.88 bits per heavy atom. The number of nitrogen functional groups attached to an aromatic ring is 1. The summed E-state index contributed by atoms with van der Waals surface area (Å²) in [6.07, 6.45) is 5.18. The molecule has 1 saturated heterocycles. The minimum Gasteiger partial charge on any atom is -0.383 e. The molecule has 2 aliphatic rings. The van der Waals surface area contributed by atoms with Crippen LogP contribution in [0.1, 0.15) is 50.4 Å². The third-order valence-corrected chi connectivity index (χ3v) is 6.10. The minimum atomic E-state index is 0.155. The Morgan fingerprint density at radius 3 is 2.50 bits per heavy atom. The van der Waals surface area contributed by atoms with Gasteiger partial charge < -0.3 is 10.6 Å². The lowest BCUT2D eigenvalue weighted by atomic mass is 9.65. The van der Waals surface area contributed by atoms with Gasteiger partial charge in [0.1, 0.15) is 5.82 Å². The summed E-state index contributed by atoms with van der Waals surface area (Å²) in [7, 11) is 1.82. The van der Waals surface area contributed by atoms with Crippen molar-refractivity contribution in [2.45, 2.75) is 46.1 Å². The molecule has 5 nitrogen and oxygen atoms in total. The van der Waals surface area contributed by atoms with Crippen LogP contribution in [0, 0.1) is 10.8 Å². The highest BCUT2D eigenvalue weighted by Crippen LogP contribution is 2.52. The Labute approximate surface area is 155 Å². The predicted octanol–water partition coefficient (Wildman–Crippen LogP) is 3.71. The summed E-state index contributed by atoms with van der Waals surface area (Å²) in [6.45, 7) is 7.87. The van der Waals surface area contributed by atoms with Crippen molar-refractivity contribution in [1.29, 1.82) is 0 Å². The van der Waals surface area contributed by atoms with Gasteiger partial charge in [0.25, 0.3) is 5.91 Å². The highest BCUT2D eigenvalue weighted by atomic mass is 16.2. The number of hydrogen-bond acceptors (Lipinski definition) is 3. The first kappa shape index (κ1) is 17.1. The number of amides is 1. The average molecular weight is 352 g/mol. The van der Waals surface area contributed by atoms with Crippen molar-refractivity contribution in [3.63, 3.8) is 0 Å². The van der Waals surface area contributed by atoms with Gasteiger partial charge in [0.2, 0.25) is 0 Å². The zero-order chi connectivity index (χ0) is 18.7. The van der Waals surface area contributed by atoms with Gasteiger partial charge >= 0.3 is 0 Å². The lowest BCUT2D eigenvalue weighted by Crippen LogP contribution is -2.37. The Morgan fingerprint density at radius 1 is 1.19 bits per heavy atom. The van der Waals surface area contributed by atoms with Crippen LogP contribution in [0.15, 0.2) is 30.5 Å². The lowest BCUT2D eigenvalue weighted by molar-refractivity contribution is 0.0708. The van der Waals surface area contributed by atoms with Gasteiger partial charge in [-0.3, -0.25) is 9.48 Å². The number of hydrogen-bond donors (Lipinski definition) is 1. The number of benzene rings is 1. The first-order valence-corrected chi connectivity index (χ1v) is 9.36. The third kappa shape index (κ3) is 2.79. The molecule has 1 aromatic carbocycles. The number of carbonyl (C=O) groups excluding carboxylic acids is 1. The molecule has 2 aromatic rings. The molecule has 1 amide bonds. The van der Waals surface area contributed by atoms with E-state index in [1.165, 1.54) is 6.42 Å². The van der Waals surface area contributed by atoms with Crippen LogP contribution < -0.4 is 5.73 Å². The van der Waals surface area contributed by atoms with Gasteiger partial charge in [0.15, 0.2) is 0 Å². The normalized spacial score (nSPS) is 26.9. The van der Waals surface area contributed by atoms with E-state index in [9.17, 15) is 4.79 Å². The fourth-order valence-corrected chi connectivity index (χ4v) is 5.32. The number of carbonyl (C=O) groups is 1. The van der Waals surface area contributed by atoms with Crippen LogP contribution in [0.25, 0.3) is 11.1 Å². The molecule has 2 bridgehead atoms. The van der Waals surface area contributed by atoms with E-state index in [1.807, 2.05) is 31.3 Å². The zero-order valence-corrected chi connectivity index (χ0v) is 16.1. The van der Waals surface area contributed by atoms with E-state index in [4.69, 9.17) is 5.73 Å². The third-order valence-electron chi connectivity index (χ3n) is 6.10.